The van der Waals surface area contributed by atoms with Crippen molar-refractivity contribution in [2.24, 2.45) is 5.73 Å². The number of hydrogen-bond donors (Lipinski definition) is 1. The Morgan fingerprint density at radius 2 is 1.94 bits per heavy atom. The number of hydrogen-bond acceptors (Lipinski definition) is 7. The zero-order chi connectivity index (χ0) is 23.5. The summed E-state index contributed by atoms with van der Waals surface area (Å²) in [6.45, 7) is 6.44. The zero-order valence-corrected chi connectivity index (χ0v) is 19.4. The lowest BCUT2D eigenvalue weighted by molar-refractivity contribution is 0.0362. The summed E-state index contributed by atoms with van der Waals surface area (Å²) < 4.78 is 9.09. The highest BCUT2D eigenvalue weighted by atomic mass is 16.5. The van der Waals surface area contributed by atoms with Crippen molar-refractivity contribution >= 4 is 16.9 Å². The Kier molecular flexibility index (Phi) is 6.63. The molecule has 178 valence electrons. The summed E-state index contributed by atoms with van der Waals surface area (Å²) in [5.74, 6) is 0.757. The maximum Gasteiger partial charge on any atom is 0.278 e. The predicted molar refractivity (Wildman–Crippen MR) is 131 cm³/mol. The van der Waals surface area contributed by atoms with Gasteiger partial charge in [0.1, 0.15) is 28.5 Å². The molecule has 0 aliphatic carbocycles. The van der Waals surface area contributed by atoms with E-state index in [0.29, 0.717) is 36.2 Å². The van der Waals surface area contributed by atoms with Gasteiger partial charge >= 0.3 is 0 Å². The van der Waals surface area contributed by atoms with Crippen LogP contribution in [0.15, 0.2) is 41.5 Å². The molecule has 34 heavy (non-hydrogen) atoms. The van der Waals surface area contributed by atoms with Crippen LogP contribution in [0.25, 0.3) is 11.0 Å². The molecule has 0 bridgehead atoms. The second-order valence-corrected chi connectivity index (χ2v) is 9.12. The first kappa shape index (κ1) is 22.6. The molecule has 0 spiro atoms. The van der Waals surface area contributed by atoms with Gasteiger partial charge in [0.2, 0.25) is 0 Å². The molecule has 2 saturated heterocycles. The molecule has 3 aromatic rings. The van der Waals surface area contributed by atoms with Gasteiger partial charge in [-0.05, 0) is 18.4 Å². The van der Waals surface area contributed by atoms with Crippen molar-refractivity contribution in [2.45, 2.75) is 32.0 Å². The average Bonchev–Trinajstić information content (AvgIpc) is 3.18. The van der Waals surface area contributed by atoms with E-state index in [-0.39, 0.29) is 11.6 Å². The summed E-state index contributed by atoms with van der Waals surface area (Å²) in [6, 6.07) is 12.4. The quantitative estimate of drug-likeness (QED) is 0.591. The third kappa shape index (κ3) is 4.44. The van der Waals surface area contributed by atoms with E-state index in [1.54, 1.807) is 10.9 Å². The fourth-order valence-electron chi connectivity index (χ4n) is 5.04. The summed E-state index contributed by atoms with van der Waals surface area (Å²) >= 11 is 0. The molecule has 1 atom stereocenters. The minimum Gasteiger partial charge on any atom is -0.379 e. The monoisotopic (exact) mass is 461 g/mol. The second kappa shape index (κ2) is 9.97. The van der Waals surface area contributed by atoms with Crippen LogP contribution in [0.4, 0.5) is 5.82 Å². The molecular formula is C25H31N7O2. The summed E-state index contributed by atoms with van der Waals surface area (Å²) in [4.78, 5) is 22.8. The molecule has 2 N–H and O–H groups in total. The van der Waals surface area contributed by atoms with Crippen LogP contribution in [0.3, 0.4) is 0 Å². The molecule has 5 rings (SSSR count). The Hall–Kier alpha value is -3.19. The SMILES string of the molecule is N#Cc1c(N2CCCC(N)C2)n(Cc2ccccc2)c2c(=O)n(CCN3CCOCC3)cnc12. The molecule has 1 aromatic carbocycles. The fourth-order valence-corrected chi connectivity index (χ4v) is 5.04. The molecule has 1 unspecified atom stereocenters. The van der Waals surface area contributed by atoms with E-state index in [1.165, 1.54) is 0 Å². The predicted octanol–water partition coefficient (Wildman–Crippen LogP) is 1.38. The number of ether oxygens (including phenoxy) is 1. The number of nitriles is 1. The molecule has 0 amide bonds. The maximum atomic E-state index is 13.7. The van der Waals surface area contributed by atoms with Crippen LogP contribution in [-0.4, -0.2) is 71.0 Å². The Morgan fingerprint density at radius 3 is 2.68 bits per heavy atom. The smallest absolute Gasteiger partial charge is 0.278 e. The van der Waals surface area contributed by atoms with Crippen molar-refractivity contribution in [2.75, 3.05) is 50.8 Å². The van der Waals surface area contributed by atoms with Crippen molar-refractivity contribution < 1.29 is 4.74 Å². The normalized spacial score (nSPS) is 19.4. The number of anilines is 1. The van der Waals surface area contributed by atoms with Gasteiger partial charge in [0.15, 0.2) is 0 Å². The van der Waals surface area contributed by atoms with E-state index < -0.39 is 0 Å². The Labute approximate surface area is 198 Å². The van der Waals surface area contributed by atoms with Crippen LogP contribution >= 0.6 is 0 Å². The number of piperidine rings is 1. The molecule has 4 heterocycles. The van der Waals surface area contributed by atoms with Crippen LogP contribution in [0, 0.1) is 11.3 Å². The lowest BCUT2D eigenvalue weighted by atomic mass is 10.1. The van der Waals surface area contributed by atoms with Crippen molar-refractivity contribution in [3.8, 4) is 6.07 Å². The van der Waals surface area contributed by atoms with Gasteiger partial charge in [-0.2, -0.15) is 5.26 Å². The number of fused-ring (bicyclic) bond motifs is 1. The third-order valence-electron chi connectivity index (χ3n) is 6.81. The number of nitrogens with two attached hydrogens (primary N) is 1. The molecule has 9 nitrogen and oxygen atoms in total. The van der Waals surface area contributed by atoms with Crippen LogP contribution in [0.5, 0.6) is 0 Å². The summed E-state index contributed by atoms with van der Waals surface area (Å²) in [6.07, 6.45) is 3.50. The Balaban J connectivity index is 1.60. The standard InChI is InChI=1S/C25H31N7O2/c26-15-21-22-23(25(33)31(18-28-22)10-9-29-11-13-34-14-12-29)32(16-19-5-2-1-3-6-19)24(21)30-8-4-7-20(27)17-30/h1-3,5-6,18,20H,4,7-14,16-17,27H2. The summed E-state index contributed by atoms with van der Waals surface area (Å²) in [5, 5.41) is 10.1. The largest absolute Gasteiger partial charge is 0.379 e. The number of benzene rings is 1. The van der Waals surface area contributed by atoms with Gasteiger partial charge in [-0.25, -0.2) is 4.98 Å². The van der Waals surface area contributed by atoms with Gasteiger partial charge in [-0.1, -0.05) is 30.3 Å². The lowest BCUT2D eigenvalue weighted by Gasteiger charge is -2.33. The van der Waals surface area contributed by atoms with Gasteiger partial charge in [-0.3, -0.25) is 14.3 Å². The maximum absolute atomic E-state index is 13.7. The van der Waals surface area contributed by atoms with Gasteiger partial charge in [0, 0.05) is 51.9 Å². The average molecular weight is 462 g/mol. The van der Waals surface area contributed by atoms with Gasteiger partial charge in [-0.15, -0.1) is 0 Å². The molecule has 9 heteroatoms. The van der Waals surface area contributed by atoms with Crippen LogP contribution in [0.1, 0.15) is 24.0 Å². The van der Waals surface area contributed by atoms with Crippen LogP contribution < -0.4 is 16.2 Å². The highest BCUT2D eigenvalue weighted by Gasteiger charge is 2.28. The highest BCUT2D eigenvalue weighted by molar-refractivity contribution is 5.89. The van der Waals surface area contributed by atoms with E-state index in [9.17, 15) is 10.1 Å². The summed E-state index contributed by atoms with van der Waals surface area (Å²) in [7, 11) is 0. The first-order chi connectivity index (χ1) is 16.7. The molecule has 0 radical (unpaired) electrons. The van der Waals surface area contributed by atoms with E-state index in [0.717, 1.165) is 63.6 Å². The first-order valence-corrected chi connectivity index (χ1v) is 12.0. The van der Waals surface area contributed by atoms with Gasteiger partial charge < -0.3 is 19.9 Å². The molecule has 2 aliphatic heterocycles. The Bertz CT molecular complexity index is 1240. The zero-order valence-electron chi connectivity index (χ0n) is 19.4. The number of nitrogens with zero attached hydrogens (tertiary/aromatic N) is 6. The van der Waals surface area contributed by atoms with E-state index >= 15 is 0 Å². The highest BCUT2D eigenvalue weighted by Crippen LogP contribution is 2.32. The van der Waals surface area contributed by atoms with Crippen LogP contribution in [0.2, 0.25) is 0 Å². The topological polar surface area (TPSA) is 105 Å². The van der Waals surface area contributed by atoms with E-state index in [4.69, 9.17) is 10.5 Å². The number of rotatable bonds is 6. The van der Waals surface area contributed by atoms with Gasteiger partial charge in [0.05, 0.1) is 19.5 Å². The van der Waals surface area contributed by atoms with Gasteiger partial charge in [0.25, 0.3) is 5.56 Å². The van der Waals surface area contributed by atoms with Crippen molar-refractivity contribution in [1.82, 2.24) is 19.0 Å². The second-order valence-electron chi connectivity index (χ2n) is 9.12. The first-order valence-electron chi connectivity index (χ1n) is 12.0. The summed E-state index contributed by atoms with van der Waals surface area (Å²) in [5.41, 5.74) is 8.65. The van der Waals surface area contributed by atoms with Crippen molar-refractivity contribution in [3.63, 3.8) is 0 Å². The molecule has 2 aliphatic rings. The lowest BCUT2D eigenvalue weighted by Crippen LogP contribution is -2.44. The number of aromatic nitrogens is 3. The third-order valence-corrected chi connectivity index (χ3v) is 6.81. The van der Waals surface area contributed by atoms with Crippen molar-refractivity contribution in [1.29, 1.82) is 5.26 Å². The van der Waals surface area contributed by atoms with Crippen LogP contribution in [-0.2, 0) is 17.8 Å². The van der Waals surface area contributed by atoms with E-state index in [1.807, 2.05) is 34.9 Å². The minimum absolute atomic E-state index is 0.0432. The molecule has 0 saturated carbocycles. The Morgan fingerprint density at radius 1 is 1.15 bits per heavy atom. The van der Waals surface area contributed by atoms with Crippen molar-refractivity contribution in [3.05, 3.63) is 58.1 Å². The molecule has 2 aromatic heterocycles. The van der Waals surface area contributed by atoms with E-state index in [2.05, 4.69) is 20.9 Å². The number of morpholine rings is 1. The molecular weight excluding hydrogens is 430 g/mol. The molecule has 2 fully saturated rings. The fraction of sp³-hybridized carbons (Fsp3) is 0.480. The minimum atomic E-state index is -0.113.